The van der Waals surface area contributed by atoms with E-state index in [1.54, 1.807) is 0 Å². The minimum absolute atomic E-state index is 0.110. The van der Waals surface area contributed by atoms with Crippen molar-refractivity contribution in [2.24, 2.45) is 0 Å². The van der Waals surface area contributed by atoms with Crippen molar-refractivity contribution in [3.63, 3.8) is 0 Å². The van der Waals surface area contributed by atoms with Gasteiger partial charge in [-0.25, -0.2) is 4.39 Å². The van der Waals surface area contributed by atoms with Crippen LogP contribution in [-0.2, 0) is 0 Å². The number of benzene rings is 2. The Morgan fingerprint density at radius 2 is 1.86 bits per heavy atom. The van der Waals surface area contributed by atoms with Gasteiger partial charge in [-0.1, -0.05) is 35.0 Å². The smallest absolute Gasteiger partial charge is 0.253 e. The van der Waals surface area contributed by atoms with Crippen molar-refractivity contribution in [1.82, 2.24) is 5.32 Å². The van der Waals surface area contributed by atoms with Gasteiger partial charge in [-0.3, -0.25) is 4.79 Å². The Morgan fingerprint density at radius 1 is 1.19 bits per heavy atom. The highest BCUT2D eigenvalue weighted by atomic mass is 79.9. The molecule has 2 rings (SSSR count). The van der Waals surface area contributed by atoms with E-state index in [-0.39, 0.29) is 11.9 Å². The average Bonchev–Trinajstić information content (AvgIpc) is 2.48. The number of nitrogens with one attached hydrogen (secondary N) is 1. The first kappa shape index (κ1) is 16.2. The Hall–Kier alpha value is -1.20. The zero-order chi connectivity index (χ0) is 15.4. The fourth-order valence-corrected chi connectivity index (χ4v) is 2.71. The van der Waals surface area contributed by atoms with E-state index in [1.807, 2.05) is 31.2 Å². The predicted octanol–water partition coefficient (Wildman–Crippen LogP) is 5.23. The van der Waals surface area contributed by atoms with Crippen LogP contribution < -0.4 is 5.32 Å². The fraction of sp³-hybridized carbons (Fsp3) is 0.188. The van der Waals surface area contributed by atoms with Crippen LogP contribution in [0, 0.1) is 5.82 Å². The van der Waals surface area contributed by atoms with Crippen LogP contribution in [0.5, 0.6) is 0 Å². The second-order valence-electron chi connectivity index (χ2n) is 4.61. The molecule has 0 aliphatic heterocycles. The summed E-state index contributed by atoms with van der Waals surface area (Å²) in [6, 6.07) is 11.7. The van der Waals surface area contributed by atoms with Crippen LogP contribution in [0.3, 0.4) is 0 Å². The van der Waals surface area contributed by atoms with E-state index in [2.05, 4.69) is 37.2 Å². The number of carbonyl (C=O) groups excluding carboxylic acids is 1. The molecule has 110 valence electrons. The Kier molecular flexibility index (Phi) is 5.53. The van der Waals surface area contributed by atoms with Crippen molar-refractivity contribution >= 4 is 37.8 Å². The van der Waals surface area contributed by atoms with E-state index in [9.17, 15) is 9.18 Å². The summed E-state index contributed by atoms with van der Waals surface area (Å²) >= 11 is 6.66. The van der Waals surface area contributed by atoms with Crippen molar-refractivity contribution < 1.29 is 9.18 Å². The molecule has 0 saturated heterocycles. The van der Waals surface area contributed by atoms with E-state index in [0.29, 0.717) is 10.0 Å². The van der Waals surface area contributed by atoms with Gasteiger partial charge >= 0.3 is 0 Å². The molecule has 0 heterocycles. The van der Waals surface area contributed by atoms with E-state index >= 15 is 0 Å². The van der Waals surface area contributed by atoms with Crippen LogP contribution in [-0.4, -0.2) is 5.91 Å². The van der Waals surface area contributed by atoms with E-state index < -0.39 is 5.82 Å². The average molecular weight is 415 g/mol. The van der Waals surface area contributed by atoms with Crippen molar-refractivity contribution in [2.75, 3.05) is 0 Å². The third-order valence-corrected chi connectivity index (χ3v) is 4.38. The molecule has 2 nitrogen and oxygen atoms in total. The zero-order valence-corrected chi connectivity index (χ0v) is 14.5. The third-order valence-electron chi connectivity index (χ3n) is 3.16. The summed E-state index contributed by atoms with van der Waals surface area (Å²) in [6.07, 6.45) is 0.750. The van der Waals surface area contributed by atoms with E-state index in [0.717, 1.165) is 16.5 Å². The summed E-state index contributed by atoms with van der Waals surface area (Å²) in [5, 5.41) is 2.94. The first-order valence-corrected chi connectivity index (χ1v) is 8.11. The fourth-order valence-electron chi connectivity index (χ4n) is 2.02. The maximum Gasteiger partial charge on any atom is 0.253 e. The molecule has 5 heteroatoms. The summed E-state index contributed by atoms with van der Waals surface area (Å²) < 4.78 is 14.9. The van der Waals surface area contributed by atoms with Gasteiger partial charge in [0.15, 0.2) is 0 Å². The molecule has 1 atom stereocenters. The second kappa shape index (κ2) is 7.18. The summed E-state index contributed by atoms with van der Waals surface area (Å²) in [4.78, 5) is 12.3. The SMILES string of the molecule is CCC(NC(=O)c1cc(F)ccc1Br)c1ccc(Br)cc1. The highest BCUT2D eigenvalue weighted by Gasteiger charge is 2.16. The van der Waals surface area contributed by atoms with Gasteiger partial charge in [0.25, 0.3) is 5.91 Å². The number of hydrogen-bond acceptors (Lipinski definition) is 1. The molecule has 0 saturated carbocycles. The van der Waals surface area contributed by atoms with Gasteiger partial charge in [-0.2, -0.15) is 0 Å². The Morgan fingerprint density at radius 3 is 2.48 bits per heavy atom. The standard InChI is InChI=1S/C16H14Br2FNO/c1-2-15(10-3-5-11(17)6-4-10)20-16(21)13-9-12(19)7-8-14(13)18/h3-9,15H,2H2,1H3,(H,20,21). The normalized spacial score (nSPS) is 12.0. The molecule has 1 N–H and O–H groups in total. The number of amides is 1. The lowest BCUT2D eigenvalue weighted by Gasteiger charge is -2.18. The minimum Gasteiger partial charge on any atom is -0.345 e. The zero-order valence-electron chi connectivity index (χ0n) is 11.4. The van der Waals surface area contributed by atoms with Gasteiger partial charge in [0.2, 0.25) is 0 Å². The second-order valence-corrected chi connectivity index (χ2v) is 6.38. The number of halogens is 3. The quantitative estimate of drug-likeness (QED) is 0.728. The lowest BCUT2D eigenvalue weighted by Crippen LogP contribution is -2.28. The first-order chi connectivity index (χ1) is 10.0. The number of carbonyl (C=O) groups is 1. The molecule has 2 aromatic carbocycles. The molecule has 0 spiro atoms. The Labute approximate surface area is 140 Å². The molecular formula is C16H14Br2FNO. The molecule has 1 unspecified atom stereocenters. The first-order valence-electron chi connectivity index (χ1n) is 6.52. The van der Waals surface area contributed by atoms with Gasteiger partial charge in [0, 0.05) is 8.95 Å². The van der Waals surface area contributed by atoms with Gasteiger partial charge < -0.3 is 5.32 Å². The third kappa shape index (κ3) is 4.14. The minimum atomic E-state index is -0.431. The summed E-state index contributed by atoms with van der Waals surface area (Å²) in [5.41, 5.74) is 1.31. The van der Waals surface area contributed by atoms with Crippen LogP contribution in [0.4, 0.5) is 4.39 Å². The van der Waals surface area contributed by atoms with Crippen LogP contribution in [0.2, 0.25) is 0 Å². The van der Waals surface area contributed by atoms with Gasteiger partial charge in [0.1, 0.15) is 5.82 Å². The number of rotatable bonds is 4. The van der Waals surface area contributed by atoms with Gasteiger partial charge in [0.05, 0.1) is 11.6 Å². The van der Waals surface area contributed by atoms with Crippen molar-refractivity contribution in [1.29, 1.82) is 0 Å². The monoisotopic (exact) mass is 413 g/mol. The Balaban J connectivity index is 2.20. The highest BCUT2D eigenvalue weighted by molar-refractivity contribution is 9.10. The number of hydrogen-bond donors (Lipinski definition) is 1. The molecule has 0 aromatic heterocycles. The van der Waals surface area contributed by atoms with Crippen LogP contribution in [0.15, 0.2) is 51.4 Å². The molecule has 0 bridgehead atoms. The van der Waals surface area contributed by atoms with Crippen LogP contribution in [0.25, 0.3) is 0 Å². The van der Waals surface area contributed by atoms with Gasteiger partial charge in [-0.15, -0.1) is 0 Å². The lowest BCUT2D eigenvalue weighted by molar-refractivity contribution is 0.0934. The van der Waals surface area contributed by atoms with Gasteiger partial charge in [-0.05, 0) is 58.2 Å². The molecule has 21 heavy (non-hydrogen) atoms. The van der Waals surface area contributed by atoms with Crippen LogP contribution in [0.1, 0.15) is 35.3 Å². The highest BCUT2D eigenvalue weighted by Crippen LogP contribution is 2.22. The summed E-state index contributed by atoms with van der Waals surface area (Å²) in [7, 11) is 0. The molecule has 0 radical (unpaired) electrons. The lowest BCUT2D eigenvalue weighted by atomic mass is 10.0. The summed E-state index contributed by atoms with van der Waals surface area (Å²) in [5.74, 6) is -0.726. The predicted molar refractivity (Wildman–Crippen MR) is 88.7 cm³/mol. The van der Waals surface area contributed by atoms with E-state index in [1.165, 1.54) is 18.2 Å². The van der Waals surface area contributed by atoms with Crippen molar-refractivity contribution in [2.45, 2.75) is 19.4 Å². The maximum absolute atomic E-state index is 13.3. The molecule has 0 fully saturated rings. The maximum atomic E-state index is 13.3. The Bertz CT molecular complexity index is 643. The van der Waals surface area contributed by atoms with E-state index in [4.69, 9.17) is 0 Å². The summed E-state index contributed by atoms with van der Waals surface area (Å²) in [6.45, 7) is 1.99. The molecule has 1 amide bonds. The van der Waals surface area contributed by atoms with Crippen LogP contribution >= 0.6 is 31.9 Å². The van der Waals surface area contributed by atoms with Crippen molar-refractivity contribution in [3.05, 3.63) is 68.4 Å². The molecular weight excluding hydrogens is 401 g/mol. The van der Waals surface area contributed by atoms with Crippen molar-refractivity contribution in [3.8, 4) is 0 Å². The molecule has 2 aromatic rings. The topological polar surface area (TPSA) is 29.1 Å². The largest absolute Gasteiger partial charge is 0.345 e. The molecule has 0 aliphatic rings. The molecule has 0 aliphatic carbocycles.